The monoisotopic (exact) mass is 289 g/mol. The van der Waals surface area contributed by atoms with E-state index in [9.17, 15) is 14.7 Å². The molecule has 2 atom stereocenters. The number of rotatable bonds is 0. The third kappa shape index (κ3) is 1.78. The van der Waals surface area contributed by atoms with Crippen LogP contribution >= 0.6 is 0 Å². The highest BCUT2D eigenvalue weighted by Gasteiger charge is 2.55. The van der Waals surface area contributed by atoms with Gasteiger partial charge in [-0.3, -0.25) is 9.59 Å². The third-order valence-electron chi connectivity index (χ3n) is 5.65. The predicted molar refractivity (Wildman–Crippen MR) is 79.4 cm³/mol. The van der Waals surface area contributed by atoms with E-state index < -0.39 is 16.4 Å². The van der Waals surface area contributed by atoms with Crippen molar-refractivity contribution in [3.05, 3.63) is 24.3 Å². The Morgan fingerprint density at radius 1 is 1.19 bits per heavy atom. The molecule has 1 amide bonds. The Morgan fingerprint density at radius 3 is 2.33 bits per heavy atom. The molecule has 0 aromatic rings. The Labute approximate surface area is 125 Å². The molecule has 3 aliphatic rings. The Kier molecular flexibility index (Phi) is 2.97. The predicted octanol–water partition coefficient (Wildman–Crippen LogP) is 1.70. The molecule has 0 aromatic carbocycles. The molecule has 21 heavy (non-hydrogen) atoms. The largest absolute Gasteiger partial charge is 0.389 e. The van der Waals surface area contributed by atoms with Crippen molar-refractivity contribution in [1.29, 1.82) is 0 Å². The fraction of sp³-hybridized carbons (Fsp3) is 0.647. The first-order valence-electron chi connectivity index (χ1n) is 7.67. The van der Waals surface area contributed by atoms with Gasteiger partial charge in [-0.1, -0.05) is 31.2 Å². The number of carbonyl (C=O) groups is 2. The summed E-state index contributed by atoms with van der Waals surface area (Å²) in [7, 11) is 1.74. The number of carbonyl (C=O) groups excluding carboxylic acids is 2. The summed E-state index contributed by atoms with van der Waals surface area (Å²) in [6, 6.07) is 0. The first kappa shape index (κ1) is 14.5. The minimum atomic E-state index is -1.16. The molecular weight excluding hydrogens is 266 g/mol. The molecule has 1 saturated carbocycles. The average molecular weight is 289 g/mol. The molecule has 1 saturated heterocycles. The lowest BCUT2D eigenvalue weighted by Gasteiger charge is -2.44. The summed E-state index contributed by atoms with van der Waals surface area (Å²) in [4.78, 5) is 26.8. The normalized spacial score (nSPS) is 46.1. The van der Waals surface area contributed by atoms with E-state index in [2.05, 4.69) is 0 Å². The van der Waals surface area contributed by atoms with Gasteiger partial charge in [0.15, 0.2) is 5.78 Å². The smallest absolute Gasteiger partial charge is 0.243 e. The van der Waals surface area contributed by atoms with Gasteiger partial charge in [0.2, 0.25) is 5.91 Å². The molecule has 0 radical (unpaired) electrons. The second kappa shape index (κ2) is 4.29. The van der Waals surface area contributed by atoms with Crippen LogP contribution in [0.3, 0.4) is 0 Å². The van der Waals surface area contributed by atoms with Gasteiger partial charge in [0.25, 0.3) is 0 Å². The molecule has 4 nitrogen and oxygen atoms in total. The molecule has 1 aliphatic heterocycles. The van der Waals surface area contributed by atoms with Crippen LogP contribution < -0.4 is 0 Å². The van der Waals surface area contributed by atoms with Gasteiger partial charge in [0, 0.05) is 24.9 Å². The highest BCUT2D eigenvalue weighted by atomic mass is 16.3. The first-order chi connectivity index (χ1) is 9.74. The molecule has 1 N–H and O–H groups in total. The van der Waals surface area contributed by atoms with E-state index in [0.29, 0.717) is 6.54 Å². The maximum Gasteiger partial charge on any atom is 0.243 e. The number of ketones is 1. The molecule has 3 rings (SSSR count). The first-order valence-corrected chi connectivity index (χ1v) is 7.67. The van der Waals surface area contributed by atoms with Gasteiger partial charge < -0.3 is 10.0 Å². The third-order valence-corrected chi connectivity index (χ3v) is 5.65. The molecule has 4 heteroatoms. The molecule has 2 spiro atoms. The van der Waals surface area contributed by atoms with Crippen LogP contribution in [0.15, 0.2) is 24.3 Å². The van der Waals surface area contributed by atoms with Crippen LogP contribution in [0.4, 0.5) is 0 Å². The van der Waals surface area contributed by atoms with E-state index in [1.54, 1.807) is 24.1 Å². The molecular formula is C17H23NO3. The summed E-state index contributed by atoms with van der Waals surface area (Å²) in [6.07, 6.45) is 9.84. The van der Waals surface area contributed by atoms with E-state index in [-0.39, 0.29) is 17.6 Å². The van der Waals surface area contributed by atoms with Gasteiger partial charge in [-0.2, -0.15) is 0 Å². The Hall–Kier alpha value is -1.42. The Morgan fingerprint density at radius 2 is 1.81 bits per heavy atom. The quantitative estimate of drug-likeness (QED) is 0.545. The zero-order valence-electron chi connectivity index (χ0n) is 12.9. The summed E-state index contributed by atoms with van der Waals surface area (Å²) in [5, 5.41) is 10.6. The number of hydrogen-bond acceptors (Lipinski definition) is 3. The molecule has 0 aromatic heterocycles. The van der Waals surface area contributed by atoms with Crippen LogP contribution in [-0.4, -0.2) is 40.9 Å². The number of nitrogens with zero attached hydrogens (tertiary/aromatic N) is 1. The average Bonchev–Trinajstić information content (AvgIpc) is 2.72. The second-order valence-corrected chi connectivity index (χ2v) is 7.15. The van der Waals surface area contributed by atoms with Gasteiger partial charge in [0.05, 0.1) is 5.60 Å². The Bertz CT molecular complexity index is 522. The topological polar surface area (TPSA) is 57.6 Å². The second-order valence-electron chi connectivity index (χ2n) is 7.15. The molecule has 114 valence electrons. The van der Waals surface area contributed by atoms with Crippen LogP contribution in [0.5, 0.6) is 0 Å². The van der Waals surface area contributed by atoms with E-state index >= 15 is 0 Å². The highest BCUT2D eigenvalue weighted by molar-refractivity contribution is 6.12. The van der Waals surface area contributed by atoms with Crippen molar-refractivity contribution in [3.8, 4) is 0 Å². The zero-order chi connectivity index (χ0) is 15.5. The number of piperidine rings is 1. The van der Waals surface area contributed by atoms with Crippen LogP contribution in [-0.2, 0) is 9.59 Å². The number of amides is 1. The Balaban J connectivity index is 2.01. The van der Waals surface area contributed by atoms with Gasteiger partial charge >= 0.3 is 0 Å². The molecule has 1 heterocycles. The van der Waals surface area contributed by atoms with E-state index in [4.69, 9.17) is 0 Å². The molecule has 2 aliphatic carbocycles. The number of aliphatic hydroxyl groups is 1. The van der Waals surface area contributed by atoms with E-state index in [1.807, 2.05) is 26.0 Å². The van der Waals surface area contributed by atoms with Crippen molar-refractivity contribution in [2.75, 3.05) is 13.6 Å². The van der Waals surface area contributed by atoms with Crippen LogP contribution in [0, 0.1) is 16.7 Å². The van der Waals surface area contributed by atoms with Crippen LogP contribution in [0.1, 0.15) is 33.1 Å². The van der Waals surface area contributed by atoms with Crippen LogP contribution in [0.2, 0.25) is 0 Å². The van der Waals surface area contributed by atoms with E-state index in [1.165, 1.54) is 0 Å². The van der Waals surface area contributed by atoms with Gasteiger partial charge in [-0.05, 0) is 26.2 Å². The fourth-order valence-corrected chi connectivity index (χ4v) is 4.14. The van der Waals surface area contributed by atoms with Crippen molar-refractivity contribution < 1.29 is 14.7 Å². The van der Waals surface area contributed by atoms with Crippen molar-refractivity contribution in [2.45, 2.75) is 38.7 Å². The standard InChI is InChI=1S/C17H23NO3/c1-12-11-18(3)14(20)17(13(12)19)9-7-16(8-10-17)6-4-5-15(16,2)21/h7-10,12,21H,4-6,11H2,1-3H3. The number of likely N-dealkylation sites (tertiary alicyclic amines) is 1. The number of Topliss-reactive ketones (excluding diaryl/α,β-unsaturated/α-hetero) is 1. The maximum atomic E-state index is 12.6. The van der Waals surface area contributed by atoms with Gasteiger partial charge in [-0.15, -0.1) is 0 Å². The summed E-state index contributed by atoms with van der Waals surface area (Å²) >= 11 is 0. The highest BCUT2D eigenvalue weighted by Crippen LogP contribution is 2.52. The van der Waals surface area contributed by atoms with Gasteiger partial charge in [0.1, 0.15) is 5.41 Å². The zero-order valence-corrected chi connectivity index (χ0v) is 12.9. The molecule has 2 unspecified atom stereocenters. The van der Waals surface area contributed by atoms with Gasteiger partial charge in [-0.25, -0.2) is 0 Å². The SMILES string of the molecule is CC1CN(C)C(=O)C2(C=CC3(C=C2)CCCC3(C)O)C1=O. The molecule has 0 bridgehead atoms. The number of hydrogen-bond donors (Lipinski definition) is 1. The maximum absolute atomic E-state index is 12.6. The van der Waals surface area contributed by atoms with Crippen molar-refractivity contribution in [3.63, 3.8) is 0 Å². The minimum absolute atomic E-state index is 0.0365. The van der Waals surface area contributed by atoms with E-state index in [0.717, 1.165) is 19.3 Å². The van der Waals surface area contributed by atoms with Crippen LogP contribution in [0.25, 0.3) is 0 Å². The van der Waals surface area contributed by atoms with Crippen molar-refractivity contribution in [2.24, 2.45) is 16.7 Å². The molecule has 2 fully saturated rings. The van der Waals surface area contributed by atoms with Crippen molar-refractivity contribution >= 4 is 11.7 Å². The lowest BCUT2D eigenvalue weighted by atomic mass is 9.64. The summed E-state index contributed by atoms with van der Waals surface area (Å²) in [6.45, 7) is 4.18. The summed E-state index contributed by atoms with van der Waals surface area (Å²) < 4.78 is 0. The summed E-state index contributed by atoms with van der Waals surface area (Å²) in [5.41, 5.74) is -2.39. The lowest BCUT2D eigenvalue weighted by molar-refractivity contribution is -0.150. The lowest BCUT2D eigenvalue weighted by Crippen LogP contribution is -2.56. The van der Waals surface area contributed by atoms with Crippen molar-refractivity contribution in [1.82, 2.24) is 4.90 Å². The summed E-state index contributed by atoms with van der Waals surface area (Å²) in [5.74, 6) is -0.365. The minimum Gasteiger partial charge on any atom is -0.389 e. The fourth-order valence-electron chi connectivity index (χ4n) is 4.14.